The highest BCUT2D eigenvalue weighted by molar-refractivity contribution is 6.31. The van der Waals surface area contributed by atoms with Crippen LogP contribution < -0.4 is 25.2 Å². The molecule has 5 fully saturated rings. The third-order valence-corrected chi connectivity index (χ3v) is 13.4. The number of fused-ring (bicyclic) bond motifs is 2. The predicted molar refractivity (Wildman–Crippen MR) is 216 cm³/mol. The van der Waals surface area contributed by atoms with Crippen LogP contribution in [0.1, 0.15) is 88.0 Å². The van der Waals surface area contributed by atoms with E-state index in [1.165, 1.54) is 0 Å². The summed E-state index contributed by atoms with van der Waals surface area (Å²) in [4.78, 5) is 81.0. The quantitative estimate of drug-likeness (QED) is 0.299. The minimum atomic E-state index is -0.970. The van der Waals surface area contributed by atoms with E-state index in [1.54, 1.807) is 42.7 Å². The number of nitrogens with one attached hydrogen (secondary N) is 2. The molecule has 2 N–H and O–H groups in total. The van der Waals surface area contributed by atoms with Crippen LogP contribution in [0, 0.1) is 29.1 Å². The number of anilines is 2. The molecule has 0 spiro atoms. The van der Waals surface area contributed by atoms with Gasteiger partial charge in [0, 0.05) is 82.4 Å². The summed E-state index contributed by atoms with van der Waals surface area (Å²) in [6.07, 6.45) is 8.78. The number of hydrogen-bond acceptors (Lipinski definition) is 12. The first-order chi connectivity index (χ1) is 28.6. The van der Waals surface area contributed by atoms with Crippen molar-refractivity contribution in [1.29, 1.82) is 5.26 Å². The van der Waals surface area contributed by atoms with Gasteiger partial charge >= 0.3 is 0 Å². The molecule has 1 aliphatic carbocycles. The highest BCUT2D eigenvalue weighted by atomic mass is 35.5. The molecule has 1 saturated carbocycles. The first kappa shape index (κ1) is 38.9. The molecular weight excluding hydrogens is 774 g/mol. The molecule has 0 bridgehead atoms. The smallest absolute Gasteiger partial charge is 0.262 e. The molecule has 15 nitrogen and oxygen atoms in total. The number of ether oxygens (including phenoxy) is 1. The van der Waals surface area contributed by atoms with Crippen LogP contribution in [0.25, 0.3) is 0 Å². The molecule has 3 atom stereocenters. The van der Waals surface area contributed by atoms with Gasteiger partial charge in [-0.2, -0.15) is 5.26 Å². The third kappa shape index (κ3) is 7.95. The lowest BCUT2D eigenvalue weighted by Crippen LogP contribution is -2.54. The van der Waals surface area contributed by atoms with Crippen LogP contribution in [0.3, 0.4) is 0 Å². The van der Waals surface area contributed by atoms with Crippen molar-refractivity contribution in [2.75, 3.05) is 55.6 Å². The van der Waals surface area contributed by atoms with Crippen LogP contribution in [0.4, 0.5) is 11.6 Å². The van der Waals surface area contributed by atoms with E-state index in [1.807, 2.05) is 6.07 Å². The number of rotatable bonds is 9. The molecule has 0 radical (unpaired) electrons. The van der Waals surface area contributed by atoms with Crippen molar-refractivity contribution in [3.8, 4) is 11.8 Å². The normalized spacial score (nSPS) is 26.1. The van der Waals surface area contributed by atoms with Gasteiger partial charge in [0.05, 0.1) is 33.4 Å². The first-order valence-electron chi connectivity index (χ1n) is 20.7. The molecule has 6 aliphatic rings. The molecule has 6 heterocycles. The van der Waals surface area contributed by atoms with Crippen molar-refractivity contribution in [2.45, 2.75) is 69.6 Å². The van der Waals surface area contributed by atoms with Gasteiger partial charge in [0.2, 0.25) is 17.8 Å². The average Bonchev–Trinajstić information content (AvgIpc) is 3.88. The maximum atomic E-state index is 13.4. The van der Waals surface area contributed by atoms with Crippen LogP contribution in [-0.2, 0) is 9.59 Å². The summed E-state index contributed by atoms with van der Waals surface area (Å²) < 4.78 is 6.09. The van der Waals surface area contributed by atoms with Crippen LogP contribution in [-0.4, -0.2) is 113 Å². The van der Waals surface area contributed by atoms with Gasteiger partial charge in [-0.15, -0.1) is 0 Å². The number of carbonyl (C=O) groups excluding carboxylic acids is 5. The second-order valence-corrected chi connectivity index (χ2v) is 17.2. The van der Waals surface area contributed by atoms with Gasteiger partial charge < -0.3 is 24.8 Å². The highest BCUT2D eigenvalue weighted by Crippen LogP contribution is 2.37. The Kier molecular flexibility index (Phi) is 10.7. The van der Waals surface area contributed by atoms with Gasteiger partial charge in [-0.3, -0.25) is 34.2 Å². The summed E-state index contributed by atoms with van der Waals surface area (Å²) in [5, 5.41) is 14.9. The topological polar surface area (TPSA) is 181 Å². The number of piperidine rings is 2. The summed E-state index contributed by atoms with van der Waals surface area (Å²) in [5.74, 6) is 0.798. The Hall–Kier alpha value is -5.59. The fraction of sp³-hybridized carbons (Fsp3) is 0.488. The molecule has 306 valence electrons. The zero-order valence-electron chi connectivity index (χ0n) is 32.6. The molecule has 1 aromatic heterocycles. The number of nitriles is 1. The van der Waals surface area contributed by atoms with E-state index in [-0.39, 0.29) is 36.8 Å². The summed E-state index contributed by atoms with van der Waals surface area (Å²) in [7, 11) is 0. The molecule has 4 saturated heterocycles. The lowest BCUT2D eigenvalue weighted by molar-refractivity contribution is -0.136. The molecule has 59 heavy (non-hydrogen) atoms. The van der Waals surface area contributed by atoms with E-state index >= 15 is 0 Å². The number of likely N-dealkylation sites (tertiary alicyclic amines) is 1. The van der Waals surface area contributed by atoms with E-state index in [2.05, 4.69) is 41.4 Å². The van der Waals surface area contributed by atoms with Crippen LogP contribution >= 0.6 is 11.6 Å². The zero-order valence-corrected chi connectivity index (χ0v) is 33.4. The molecule has 5 amide bonds. The van der Waals surface area contributed by atoms with Crippen molar-refractivity contribution < 1.29 is 28.7 Å². The van der Waals surface area contributed by atoms with Crippen LogP contribution in [0.5, 0.6) is 5.75 Å². The second-order valence-electron chi connectivity index (χ2n) is 16.8. The van der Waals surface area contributed by atoms with Gasteiger partial charge in [-0.1, -0.05) is 11.6 Å². The molecule has 9 rings (SSSR count). The number of imide groups is 2. The predicted octanol–water partition coefficient (Wildman–Crippen LogP) is 3.81. The molecule has 2 aromatic carbocycles. The van der Waals surface area contributed by atoms with E-state index < -0.39 is 23.8 Å². The third-order valence-electron chi connectivity index (χ3n) is 13.0. The minimum absolute atomic E-state index is 0.0253. The van der Waals surface area contributed by atoms with Crippen molar-refractivity contribution in [1.82, 2.24) is 30.4 Å². The SMILES string of the molecule is N#Cc1ccc(O[C@H]2CC[C@H](NC(=O)c3cnc(N4CCC(CN5CC6CN(c7ccc8c(c7)C(=O)N(C7CCC(=O)NC7=O)C8=O)CC6C5)CC4)nc3)CC2)cc1Cl. The Balaban J connectivity index is 0.699. The number of nitrogens with zero attached hydrogens (tertiary/aromatic N) is 7. The molecule has 16 heteroatoms. The Morgan fingerprint density at radius 2 is 1.58 bits per heavy atom. The second kappa shape index (κ2) is 16.2. The summed E-state index contributed by atoms with van der Waals surface area (Å²) >= 11 is 6.15. The van der Waals surface area contributed by atoms with Crippen molar-refractivity contribution in [3.63, 3.8) is 0 Å². The van der Waals surface area contributed by atoms with Crippen molar-refractivity contribution in [2.24, 2.45) is 17.8 Å². The summed E-state index contributed by atoms with van der Waals surface area (Å²) in [5.41, 5.74) is 2.40. The number of carbonyl (C=O) groups is 5. The van der Waals surface area contributed by atoms with Crippen LogP contribution in [0.2, 0.25) is 5.02 Å². The number of benzene rings is 2. The monoisotopic (exact) mass is 819 g/mol. The fourth-order valence-corrected chi connectivity index (χ4v) is 10.0. The Morgan fingerprint density at radius 3 is 2.25 bits per heavy atom. The van der Waals surface area contributed by atoms with E-state index in [0.717, 1.165) is 94.9 Å². The highest BCUT2D eigenvalue weighted by Gasteiger charge is 2.46. The first-order valence-corrected chi connectivity index (χ1v) is 21.0. The zero-order chi connectivity index (χ0) is 40.8. The lowest BCUT2D eigenvalue weighted by Gasteiger charge is -2.34. The van der Waals surface area contributed by atoms with Crippen LogP contribution in [0.15, 0.2) is 48.8 Å². The lowest BCUT2D eigenvalue weighted by atomic mass is 9.92. The van der Waals surface area contributed by atoms with Gasteiger partial charge in [0.15, 0.2) is 0 Å². The molecular formula is C43H46ClN9O6. The Bertz CT molecular complexity index is 2200. The van der Waals surface area contributed by atoms with Gasteiger partial charge in [0.25, 0.3) is 17.7 Å². The standard InChI is InChI=1S/C43H46ClN9O6/c44-36-16-33(5-1-26(36)17-45)59-32-6-2-30(3-7-32)48-39(55)27-18-46-43(47-19-27)51-13-11-25(12-14-51)20-50-21-28-23-52(24-29(28)22-50)31-4-8-34-35(15-31)42(58)53(41(34)57)37-9-10-38(54)49-40(37)56/h1,4-5,8,15-16,18-19,25,28-30,32,37H,2-3,6-7,9-14,20-24H2,(H,48,55)(H,49,54,56)/t28?,29?,30-,32-,37?. The minimum Gasteiger partial charge on any atom is -0.490 e. The maximum absolute atomic E-state index is 13.4. The number of hydrogen-bond donors (Lipinski definition) is 2. The largest absolute Gasteiger partial charge is 0.490 e. The van der Waals surface area contributed by atoms with Gasteiger partial charge in [-0.25, -0.2) is 9.97 Å². The van der Waals surface area contributed by atoms with Gasteiger partial charge in [-0.05, 0) is 93.0 Å². The summed E-state index contributed by atoms with van der Waals surface area (Å²) in [6, 6.07) is 11.6. The number of halogens is 1. The van der Waals surface area contributed by atoms with E-state index in [0.29, 0.717) is 56.7 Å². The van der Waals surface area contributed by atoms with Crippen molar-refractivity contribution >= 4 is 52.8 Å². The number of aromatic nitrogens is 2. The molecule has 3 aromatic rings. The Morgan fingerprint density at radius 1 is 0.864 bits per heavy atom. The van der Waals surface area contributed by atoms with E-state index in [9.17, 15) is 24.0 Å². The maximum Gasteiger partial charge on any atom is 0.262 e. The van der Waals surface area contributed by atoms with E-state index in [4.69, 9.17) is 21.6 Å². The fourth-order valence-electron chi connectivity index (χ4n) is 9.83. The molecule has 3 unspecified atom stereocenters. The molecule has 5 aliphatic heterocycles. The average molecular weight is 820 g/mol. The van der Waals surface area contributed by atoms with Gasteiger partial charge in [0.1, 0.15) is 17.9 Å². The summed E-state index contributed by atoms with van der Waals surface area (Å²) in [6.45, 7) is 6.62. The number of amides is 5. The van der Waals surface area contributed by atoms with Crippen molar-refractivity contribution in [3.05, 3.63) is 76.1 Å². The Labute approximate surface area is 347 Å².